The Labute approximate surface area is 202 Å². The second kappa shape index (κ2) is 9.05. The number of pyridine rings is 1. The zero-order valence-corrected chi connectivity index (χ0v) is 20.4. The summed E-state index contributed by atoms with van der Waals surface area (Å²) in [6, 6.07) is 14.6. The van der Waals surface area contributed by atoms with Gasteiger partial charge in [0.2, 0.25) is 5.65 Å². The van der Waals surface area contributed by atoms with E-state index >= 15 is 0 Å². The molecule has 2 heterocycles. The number of rotatable bonds is 7. The molecule has 2 N–H and O–H groups in total. The Morgan fingerprint density at radius 2 is 1.85 bits per heavy atom. The number of hydroxylamine groups is 1. The van der Waals surface area contributed by atoms with Crippen LogP contribution in [0.3, 0.4) is 0 Å². The summed E-state index contributed by atoms with van der Waals surface area (Å²) >= 11 is 6.20. The van der Waals surface area contributed by atoms with E-state index in [1.54, 1.807) is 48.7 Å². The minimum absolute atomic E-state index is 0.0757. The van der Waals surface area contributed by atoms with Crippen molar-refractivity contribution < 1.29 is 13.3 Å². The van der Waals surface area contributed by atoms with Gasteiger partial charge in [-0.3, -0.25) is 15.0 Å². The van der Waals surface area contributed by atoms with Gasteiger partial charge in [0.05, 0.1) is 27.6 Å². The Kier molecular flexibility index (Phi) is 6.30. The maximum atomic E-state index is 13.1. The van der Waals surface area contributed by atoms with E-state index in [-0.39, 0.29) is 10.6 Å². The molecular weight excluding hydrogens is 476 g/mol. The predicted molar refractivity (Wildman–Crippen MR) is 132 cm³/mol. The number of aromatic nitrogens is 4. The van der Waals surface area contributed by atoms with Crippen LogP contribution in [0.25, 0.3) is 22.5 Å². The van der Waals surface area contributed by atoms with Crippen molar-refractivity contribution in [3.05, 3.63) is 78.0 Å². The standard InChI is InChI=1S/C23H23ClN6O3S/c1-15(27-33-23(2,3)4)16-7-10-18(11-8-16)34(31,32)28-19-12-9-17(24)14-21(19)30-20-6-5-13-25-22(20)26-29-30/h5-14,27-28H,1H2,2-4H3. The summed E-state index contributed by atoms with van der Waals surface area (Å²) in [4.78, 5) is 9.74. The molecule has 0 aliphatic heterocycles. The number of halogens is 1. The first-order valence-corrected chi connectivity index (χ1v) is 12.1. The second-order valence-corrected chi connectivity index (χ2v) is 10.6. The van der Waals surface area contributed by atoms with Gasteiger partial charge in [-0.1, -0.05) is 35.5 Å². The smallest absolute Gasteiger partial charge is 0.261 e. The summed E-state index contributed by atoms with van der Waals surface area (Å²) < 4.78 is 30.4. The molecule has 4 aromatic rings. The fraction of sp³-hybridized carbons (Fsp3) is 0.174. The van der Waals surface area contributed by atoms with Gasteiger partial charge in [-0.05, 0) is 68.8 Å². The molecule has 176 valence electrons. The molecule has 0 radical (unpaired) electrons. The third-order valence-electron chi connectivity index (χ3n) is 4.65. The summed E-state index contributed by atoms with van der Waals surface area (Å²) in [5.74, 6) is 0. The zero-order chi connectivity index (χ0) is 24.5. The van der Waals surface area contributed by atoms with Crippen LogP contribution >= 0.6 is 11.6 Å². The fourth-order valence-corrected chi connectivity index (χ4v) is 4.26. The number of nitrogens with zero attached hydrogens (tertiary/aromatic N) is 4. The Balaban J connectivity index is 1.61. The van der Waals surface area contributed by atoms with Gasteiger partial charge in [-0.15, -0.1) is 5.10 Å². The molecule has 9 nitrogen and oxygen atoms in total. The first-order valence-electron chi connectivity index (χ1n) is 10.3. The van der Waals surface area contributed by atoms with Gasteiger partial charge in [0.25, 0.3) is 10.0 Å². The summed E-state index contributed by atoms with van der Waals surface area (Å²) in [5.41, 5.74) is 5.33. The van der Waals surface area contributed by atoms with E-state index in [1.807, 2.05) is 20.8 Å². The molecule has 2 aromatic carbocycles. The summed E-state index contributed by atoms with van der Waals surface area (Å²) in [7, 11) is -3.92. The van der Waals surface area contributed by atoms with Gasteiger partial charge < -0.3 is 0 Å². The van der Waals surface area contributed by atoms with E-state index < -0.39 is 15.6 Å². The lowest BCUT2D eigenvalue weighted by atomic mass is 10.2. The summed E-state index contributed by atoms with van der Waals surface area (Å²) in [6.45, 7) is 9.63. The van der Waals surface area contributed by atoms with Crippen molar-refractivity contribution in [1.82, 2.24) is 25.5 Å². The quantitative estimate of drug-likeness (QED) is 0.359. The van der Waals surface area contributed by atoms with Crippen molar-refractivity contribution in [2.24, 2.45) is 0 Å². The zero-order valence-electron chi connectivity index (χ0n) is 18.8. The molecule has 0 unspecified atom stereocenters. The third kappa shape index (κ3) is 5.19. The van der Waals surface area contributed by atoms with Crippen molar-refractivity contribution in [1.29, 1.82) is 0 Å². The highest BCUT2D eigenvalue weighted by Crippen LogP contribution is 2.28. The van der Waals surface area contributed by atoms with E-state index in [9.17, 15) is 8.42 Å². The van der Waals surface area contributed by atoms with Crippen molar-refractivity contribution in [2.45, 2.75) is 31.3 Å². The van der Waals surface area contributed by atoms with Crippen LogP contribution < -0.4 is 10.2 Å². The van der Waals surface area contributed by atoms with Crippen LogP contribution in [0, 0.1) is 0 Å². The lowest BCUT2D eigenvalue weighted by Gasteiger charge is -2.21. The highest BCUT2D eigenvalue weighted by molar-refractivity contribution is 7.92. The molecule has 0 saturated carbocycles. The fourth-order valence-electron chi connectivity index (χ4n) is 3.02. The molecule has 0 saturated heterocycles. The van der Waals surface area contributed by atoms with Gasteiger partial charge in [0.1, 0.15) is 5.52 Å². The molecule has 0 bridgehead atoms. The molecule has 2 aromatic heterocycles. The van der Waals surface area contributed by atoms with Gasteiger partial charge in [-0.25, -0.2) is 18.1 Å². The number of anilines is 1. The molecule has 0 atom stereocenters. The first-order chi connectivity index (χ1) is 16.0. The highest BCUT2D eigenvalue weighted by atomic mass is 35.5. The molecule has 0 spiro atoms. The number of fused-ring (bicyclic) bond motifs is 1. The van der Waals surface area contributed by atoms with Crippen LogP contribution in [0.4, 0.5) is 5.69 Å². The lowest BCUT2D eigenvalue weighted by Crippen LogP contribution is -2.27. The van der Waals surface area contributed by atoms with Crippen LogP contribution in [0.1, 0.15) is 26.3 Å². The van der Waals surface area contributed by atoms with E-state index in [0.717, 1.165) is 0 Å². The lowest BCUT2D eigenvalue weighted by molar-refractivity contribution is -0.0469. The number of sulfonamides is 1. The monoisotopic (exact) mass is 498 g/mol. The Bertz CT molecular complexity index is 1460. The van der Waals surface area contributed by atoms with Crippen LogP contribution in [0.2, 0.25) is 5.02 Å². The SMILES string of the molecule is C=C(NOC(C)(C)C)c1ccc(S(=O)(=O)Nc2ccc(Cl)cc2-n2nnc3ncccc32)cc1. The molecule has 0 aliphatic rings. The van der Waals surface area contributed by atoms with Gasteiger partial charge in [-0.2, -0.15) is 0 Å². The average molecular weight is 499 g/mol. The van der Waals surface area contributed by atoms with Crippen molar-refractivity contribution in [3.63, 3.8) is 0 Å². The predicted octanol–water partition coefficient (Wildman–Crippen LogP) is 4.56. The number of benzene rings is 2. The third-order valence-corrected chi connectivity index (χ3v) is 6.27. The van der Waals surface area contributed by atoms with Crippen molar-refractivity contribution >= 4 is 44.2 Å². The Morgan fingerprint density at radius 3 is 2.56 bits per heavy atom. The Morgan fingerprint density at radius 1 is 1.12 bits per heavy atom. The minimum Gasteiger partial charge on any atom is -0.277 e. The van der Waals surface area contributed by atoms with E-state index in [1.165, 1.54) is 16.8 Å². The molecule has 4 rings (SSSR count). The molecule has 0 fully saturated rings. The first kappa shape index (κ1) is 23.7. The summed E-state index contributed by atoms with van der Waals surface area (Å²) in [5, 5.41) is 8.57. The highest BCUT2D eigenvalue weighted by Gasteiger charge is 2.19. The van der Waals surface area contributed by atoms with Crippen LogP contribution in [-0.4, -0.2) is 34.0 Å². The molecule has 11 heteroatoms. The summed E-state index contributed by atoms with van der Waals surface area (Å²) in [6.07, 6.45) is 1.60. The van der Waals surface area contributed by atoms with Gasteiger partial charge in [0, 0.05) is 11.2 Å². The second-order valence-electron chi connectivity index (χ2n) is 8.43. The number of hydrogen-bond donors (Lipinski definition) is 2. The van der Waals surface area contributed by atoms with E-state index in [2.05, 4.69) is 32.1 Å². The number of hydrogen-bond acceptors (Lipinski definition) is 7. The molecule has 0 aliphatic carbocycles. The topological polar surface area (TPSA) is 111 Å². The molecule has 34 heavy (non-hydrogen) atoms. The maximum absolute atomic E-state index is 13.1. The van der Waals surface area contributed by atoms with Gasteiger partial charge in [0.15, 0.2) is 0 Å². The largest absolute Gasteiger partial charge is 0.277 e. The van der Waals surface area contributed by atoms with Crippen LogP contribution in [-0.2, 0) is 14.9 Å². The van der Waals surface area contributed by atoms with Crippen LogP contribution in [0.15, 0.2) is 72.3 Å². The van der Waals surface area contributed by atoms with E-state index in [0.29, 0.717) is 33.1 Å². The minimum atomic E-state index is -3.92. The van der Waals surface area contributed by atoms with Crippen molar-refractivity contribution in [3.8, 4) is 5.69 Å². The average Bonchev–Trinajstić information content (AvgIpc) is 3.22. The van der Waals surface area contributed by atoms with E-state index in [4.69, 9.17) is 16.4 Å². The maximum Gasteiger partial charge on any atom is 0.261 e. The van der Waals surface area contributed by atoms with Gasteiger partial charge >= 0.3 is 0 Å². The number of nitrogens with one attached hydrogen (secondary N) is 2. The normalized spacial score (nSPS) is 12.0. The molecule has 0 amide bonds. The van der Waals surface area contributed by atoms with Crippen molar-refractivity contribution in [2.75, 3.05) is 4.72 Å². The molecular formula is C23H23ClN6O3S. The van der Waals surface area contributed by atoms with Crippen LogP contribution in [0.5, 0.6) is 0 Å². The Hall–Kier alpha value is -3.47.